The Hall–Kier alpha value is -5.64. The maximum atomic E-state index is 6.86. The second kappa shape index (κ2) is 15.1. The summed E-state index contributed by atoms with van der Waals surface area (Å²) in [5, 5.41) is 3.87. The molecule has 1 N–H and O–H groups in total. The molecule has 1 heterocycles. The molecule has 0 amide bonds. The largest absolute Gasteiger partial charge is 0.355 e. The van der Waals surface area contributed by atoms with Gasteiger partial charge in [-0.05, 0) is 120 Å². The van der Waals surface area contributed by atoms with Crippen LogP contribution >= 0.6 is 11.8 Å². The van der Waals surface area contributed by atoms with Crippen LogP contribution in [0.2, 0.25) is 0 Å². The minimum absolute atomic E-state index is 0.124. The number of nitrogens with one attached hydrogen (secondary N) is 1. The van der Waals surface area contributed by atoms with Gasteiger partial charge in [0.25, 0.3) is 0 Å². The van der Waals surface area contributed by atoms with Crippen LogP contribution < -0.4 is 21.1 Å². The van der Waals surface area contributed by atoms with Crippen molar-refractivity contribution in [2.45, 2.75) is 64.7 Å². The maximum absolute atomic E-state index is 6.86. The van der Waals surface area contributed by atoms with Crippen molar-refractivity contribution in [3.05, 3.63) is 190 Å². The Morgan fingerprint density at radius 3 is 2.30 bits per heavy atom. The molecule has 0 spiro atoms. The summed E-state index contributed by atoms with van der Waals surface area (Å²) in [4.78, 5) is 5.12. The van der Waals surface area contributed by atoms with Crippen molar-refractivity contribution in [1.82, 2.24) is 0 Å². The van der Waals surface area contributed by atoms with Gasteiger partial charge in [0.05, 0.1) is 17.1 Å². The summed E-state index contributed by atoms with van der Waals surface area (Å²) in [7, 11) is 13.5. The zero-order valence-corrected chi connectivity index (χ0v) is 36.0. The fourth-order valence-corrected chi connectivity index (χ4v) is 11.8. The number of anilines is 4. The molecule has 1 aliphatic heterocycles. The Labute approximate surface area is 363 Å². The van der Waals surface area contributed by atoms with Gasteiger partial charge < -0.3 is 10.2 Å². The summed E-state index contributed by atoms with van der Waals surface area (Å²) in [6.45, 7) is 11.6. The van der Waals surface area contributed by atoms with E-state index in [2.05, 4.69) is 184 Å². The second-order valence-electron chi connectivity index (χ2n) is 17.5. The van der Waals surface area contributed by atoms with Gasteiger partial charge in [0, 0.05) is 32.3 Å². The number of rotatable bonds is 6. The molecule has 60 heavy (non-hydrogen) atoms. The number of hydrogen-bond acceptors (Lipinski definition) is 3. The van der Waals surface area contributed by atoms with Crippen molar-refractivity contribution in [2.75, 3.05) is 10.2 Å². The molecule has 2 atom stereocenters. The minimum atomic E-state index is -0.124. The van der Waals surface area contributed by atoms with E-state index in [1.165, 1.54) is 54.5 Å². The highest BCUT2D eigenvalue weighted by atomic mass is 32.2. The molecule has 4 radical (unpaired) electrons. The fraction of sp³-hybridized carbons (Fsp3) is 0.200. The van der Waals surface area contributed by atoms with E-state index < -0.39 is 0 Å². The molecule has 290 valence electrons. The topological polar surface area (TPSA) is 15.3 Å². The van der Waals surface area contributed by atoms with Gasteiger partial charge in [-0.1, -0.05) is 170 Å². The molecule has 0 aromatic heterocycles. The third-order valence-electron chi connectivity index (χ3n) is 13.4. The predicted octanol–water partition coefficient (Wildman–Crippen LogP) is 13.2. The van der Waals surface area contributed by atoms with E-state index in [0.717, 1.165) is 69.6 Å². The highest BCUT2D eigenvalue weighted by molar-refractivity contribution is 8.03. The van der Waals surface area contributed by atoms with Crippen molar-refractivity contribution >= 4 is 66.7 Å². The van der Waals surface area contributed by atoms with E-state index in [0.29, 0.717) is 5.92 Å². The van der Waals surface area contributed by atoms with Gasteiger partial charge in [0.2, 0.25) is 0 Å². The molecular formula is C55H48B2N2S. The average Bonchev–Trinajstić information content (AvgIpc) is 3.83. The highest BCUT2D eigenvalue weighted by Crippen LogP contribution is 2.62. The summed E-state index contributed by atoms with van der Waals surface area (Å²) in [6.07, 6.45) is 10.0. The Morgan fingerprint density at radius 1 is 0.783 bits per heavy atom. The Balaban J connectivity index is 1.29. The van der Waals surface area contributed by atoms with E-state index >= 15 is 0 Å². The Kier molecular flexibility index (Phi) is 9.72. The van der Waals surface area contributed by atoms with E-state index in [1.54, 1.807) is 5.57 Å². The van der Waals surface area contributed by atoms with Gasteiger partial charge >= 0.3 is 0 Å². The van der Waals surface area contributed by atoms with Crippen LogP contribution in [0.15, 0.2) is 172 Å². The first-order valence-electron chi connectivity index (χ1n) is 21.3. The zero-order chi connectivity index (χ0) is 41.3. The van der Waals surface area contributed by atoms with Gasteiger partial charge in [-0.25, -0.2) is 0 Å². The van der Waals surface area contributed by atoms with Gasteiger partial charge in [0.15, 0.2) is 0 Å². The summed E-state index contributed by atoms with van der Waals surface area (Å²) < 4.78 is 0. The summed E-state index contributed by atoms with van der Waals surface area (Å²) >= 11 is 1.97. The van der Waals surface area contributed by atoms with Gasteiger partial charge in [0.1, 0.15) is 15.7 Å². The summed E-state index contributed by atoms with van der Waals surface area (Å²) in [5.74, 6) is 0.570. The van der Waals surface area contributed by atoms with Crippen LogP contribution in [0.1, 0.15) is 68.7 Å². The summed E-state index contributed by atoms with van der Waals surface area (Å²) in [5.41, 5.74) is 21.4. The van der Waals surface area contributed by atoms with Gasteiger partial charge in [-0.3, -0.25) is 0 Å². The van der Waals surface area contributed by atoms with Crippen LogP contribution in [0.4, 0.5) is 22.7 Å². The van der Waals surface area contributed by atoms with Crippen molar-refractivity contribution in [3.8, 4) is 22.3 Å². The first-order chi connectivity index (χ1) is 29.1. The van der Waals surface area contributed by atoms with Crippen molar-refractivity contribution < 1.29 is 0 Å². The fourth-order valence-electron chi connectivity index (χ4n) is 10.4. The van der Waals surface area contributed by atoms with Crippen LogP contribution in [-0.4, -0.2) is 15.7 Å². The Bertz CT molecular complexity index is 2830. The van der Waals surface area contributed by atoms with E-state index in [9.17, 15) is 0 Å². The number of hydrogen-bond donors (Lipinski definition) is 1. The van der Waals surface area contributed by atoms with Crippen LogP contribution in [0.3, 0.4) is 0 Å². The molecule has 0 saturated carbocycles. The SMILES string of the molecule is [B]c1ccc(Nc2ccc(C)cc2)c(/C(=C2\Sc3c(ccc4c3CC(C)c3ccccc3-4)N(c3ccc([B])cc3-c3ccccc3)\C2=C\C)C2CC3=C(C=CC3)C2(C)C)c1. The highest BCUT2D eigenvalue weighted by Gasteiger charge is 2.46. The normalized spacial score (nSPS) is 20.1. The number of benzene rings is 6. The quantitative estimate of drug-likeness (QED) is 0.169. The van der Waals surface area contributed by atoms with Gasteiger partial charge in [-0.15, -0.1) is 0 Å². The molecule has 4 aliphatic rings. The van der Waals surface area contributed by atoms with Crippen molar-refractivity contribution in [1.29, 1.82) is 0 Å². The third kappa shape index (κ3) is 6.45. The second-order valence-corrected chi connectivity index (χ2v) is 18.5. The number of allylic oxidation sites excluding steroid dienone is 6. The van der Waals surface area contributed by atoms with Crippen LogP contribution in [-0.2, 0) is 6.42 Å². The lowest BCUT2D eigenvalue weighted by Crippen LogP contribution is -2.28. The number of fused-ring (bicyclic) bond motifs is 5. The number of aryl methyl sites for hydroxylation is 1. The minimum Gasteiger partial charge on any atom is -0.355 e. The molecule has 6 aromatic carbocycles. The van der Waals surface area contributed by atoms with Crippen LogP contribution in [0, 0.1) is 18.3 Å². The van der Waals surface area contributed by atoms with Crippen molar-refractivity contribution in [3.63, 3.8) is 0 Å². The lowest BCUT2D eigenvalue weighted by Gasteiger charge is -2.42. The maximum Gasteiger partial charge on any atom is 0.113 e. The molecule has 2 unspecified atom stereocenters. The van der Waals surface area contributed by atoms with E-state index in [-0.39, 0.29) is 11.3 Å². The van der Waals surface area contributed by atoms with Gasteiger partial charge in [-0.2, -0.15) is 0 Å². The molecule has 6 aromatic rings. The summed E-state index contributed by atoms with van der Waals surface area (Å²) in [6, 6.07) is 46.0. The molecule has 3 aliphatic carbocycles. The molecule has 0 fully saturated rings. The standard InChI is InChI=1S/C55H48B2N2S/c1-6-49-54(52(47-30-36-15-12-18-46(36)55(47,4)5)45-32-37(56)21-26-48(45)58-39-23-19-33(2)20-24-39)60-53-44-29-34(3)40-16-10-11-17-41(40)42(44)25-28-51(53)59(49)50-27-22-38(57)31-43(50)35-13-8-7-9-14-35/h6-14,16-28,31-32,34,47,58H,15,29-30H2,1-5H3/b49-6+,54-52+. The van der Waals surface area contributed by atoms with E-state index in [4.69, 9.17) is 15.7 Å². The molecule has 10 rings (SSSR count). The molecular weight excluding hydrogens is 742 g/mol. The molecule has 0 saturated heterocycles. The zero-order valence-electron chi connectivity index (χ0n) is 35.1. The predicted molar refractivity (Wildman–Crippen MR) is 259 cm³/mol. The average molecular weight is 791 g/mol. The Morgan fingerprint density at radius 2 is 1.52 bits per heavy atom. The molecule has 5 heteroatoms. The lowest BCUT2D eigenvalue weighted by atomic mass is 9.70. The number of nitrogens with zero attached hydrogens (tertiary/aromatic N) is 1. The first-order valence-corrected chi connectivity index (χ1v) is 22.1. The smallest absolute Gasteiger partial charge is 0.113 e. The van der Waals surface area contributed by atoms with E-state index in [1.807, 2.05) is 17.8 Å². The van der Waals surface area contributed by atoms with Crippen molar-refractivity contribution in [2.24, 2.45) is 11.3 Å². The first kappa shape index (κ1) is 38.6. The van der Waals surface area contributed by atoms with Crippen LogP contribution in [0.5, 0.6) is 0 Å². The molecule has 0 bridgehead atoms. The number of thioether (sulfide) groups is 1. The monoisotopic (exact) mass is 790 g/mol. The lowest BCUT2D eigenvalue weighted by molar-refractivity contribution is 0.367. The molecule has 2 nitrogen and oxygen atoms in total. The van der Waals surface area contributed by atoms with Crippen LogP contribution in [0.25, 0.3) is 27.8 Å². The third-order valence-corrected chi connectivity index (χ3v) is 14.7.